The molecule has 0 unspecified atom stereocenters. The summed E-state index contributed by atoms with van der Waals surface area (Å²) < 4.78 is 0. The Morgan fingerprint density at radius 3 is 3.00 bits per heavy atom. The van der Waals surface area contributed by atoms with Crippen molar-refractivity contribution in [3.63, 3.8) is 0 Å². The summed E-state index contributed by atoms with van der Waals surface area (Å²) in [6.07, 6.45) is 2.56. The second-order valence-electron chi connectivity index (χ2n) is 4.79. The Kier molecular flexibility index (Phi) is 6.55. The first-order chi connectivity index (χ1) is 8.88. The Bertz CT molecular complexity index is 330. The minimum Gasteiger partial charge on any atom is -0.312 e. The molecule has 1 aromatic heterocycles. The number of hydrogen-bond acceptors (Lipinski definition) is 4. The smallest absolute Gasteiger partial charge is 0.0328 e. The summed E-state index contributed by atoms with van der Waals surface area (Å²) in [4.78, 5) is 5.60. The zero-order chi connectivity index (χ0) is 12.6. The van der Waals surface area contributed by atoms with Gasteiger partial charge in [-0.1, -0.05) is 6.92 Å². The largest absolute Gasteiger partial charge is 0.312 e. The van der Waals surface area contributed by atoms with Gasteiger partial charge in [0.1, 0.15) is 0 Å². The lowest BCUT2D eigenvalue weighted by molar-refractivity contribution is 0.290. The monoisotopic (exact) mass is 284 g/mol. The van der Waals surface area contributed by atoms with E-state index in [1.807, 2.05) is 11.3 Å². The summed E-state index contributed by atoms with van der Waals surface area (Å²) in [6.45, 7) is 8.05. The van der Waals surface area contributed by atoms with E-state index in [2.05, 4.69) is 41.0 Å². The van der Waals surface area contributed by atoms with Crippen LogP contribution in [0.3, 0.4) is 0 Å². The number of nitrogens with zero attached hydrogens (tertiary/aromatic N) is 1. The standard InChI is InChI=1S/C14H24N2S2/c1-2-6-15-11-13-4-5-14(18-13)12-16-7-3-9-17-10-8-16/h4-5,15H,2-3,6-12H2,1H3. The molecule has 0 saturated carbocycles. The summed E-state index contributed by atoms with van der Waals surface area (Å²) in [5, 5.41) is 3.47. The second-order valence-corrected chi connectivity index (χ2v) is 7.26. The molecular formula is C14H24N2S2. The molecule has 0 bridgehead atoms. The van der Waals surface area contributed by atoms with Crippen LogP contribution in [0.1, 0.15) is 29.5 Å². The van der Waals surface area contributed by atoms with Crippen molar-refractivity contribution in [1.82, 2.24) is 10.2 Å². The first-order valence-electron chi connectivity index (χ1n) is 6.97. The van der Waals surface area contributed by atoms with Crippen LogP contribution in [0.2, 0.25) is 0 Å². The quantitative estimate of drug-likeness (QED) is 0.808. The van der Waals surface area contributed by atoms with Crippen molar-refractivity contribution >= 4 is 23.1 Å². The van der Waals surface area contributed by atoms with Gasteiger partial charge < -0.3 is 5.32 Å². The molecule has 0 spiro atoms. The third-order valence-corrected chi connectivity index (χ3v) is 5.26. The Morgan fingerprint density at radius 2 is 2.11 bits per heavy atom. The third kappa shape index (κ3) is 4.92. The zero-order valence-electron chi connectivity index (χ0n) is 11.3. The van der Waals surface area contributed by atoms with Crippen molar-refractivity contribution in [3.05, 3.63) is 21.9 Å². The Morgan fingerprint density at radius 1 is 1.22 bits per heavy atom. The molecule has 1 fully saturated rings. The molecule has 0 aromatic carbocycles. The molecule has 0 radical (unpaired) electrons. The van der Waals surface area contributed by atoms with E-state index < -0.39 is 0 Å². The molecule has 2 nitrogen and oxygen atoms in total. The van der Waals surface area contributed by atoms with Gasteiger partial charge in [-0.2, -0.15) is 11.8 Å². The first kappa shape index (κ1) is 14.4. The van der Waals surface area contributed by atoms with E-state index in [9.17, 15) is 0 Å². The average molecular weight is 284 g/mol. The van der Waals surface area contributed by atoms with Crippen LogP contribution in [0.5, 0.6) is 0 Å². The van der Waals surface area contributed by atoms with Crippen molar-refractivity contribution in [2.45, 2.75) is 32.9 Å². The highest BCUT2D eigenvalue weighted by molar-refractivity contribution is 7.99. The van der Waals surface area contributed by atoms with Gasteiger partial charge >= 0.3 is 0 Å². The minimum absolute atomic E-state index is 1.04. The number of thiophene rings is 1. The first-order valence-corrected chi connectivity index (χ1v) is 8.94. The number of rotatable bonds is 6. The van der Waals surface area contributed by atoms with Crippen LogP contribution in [-0.4, -0.2) is 36.0 Å². The second kappa shape index (κ2) is 8.20. The van der Waals surface area contributed by atoms with E-state index in [0.29, 0.717) is 0 Å². The maximum atomic E-state index is 3.47. The molecule has 0 atom stereocenters. The van der Waals surface area contributed by atoms with Gasteiger partial charge in [0, 0.05) is 35.1 Å². The summed E-state index contributed by atoms with van der Waals surface area (Å²) in [5.74, 6) is 2.64. The number of hydrogen-bond donors (Lipinski definition) is 1. The lowest BCUT2D eigenvalue weighted by Gasteiger charge is -2.18. The molecule has 2 heterocycles. The fourth-order valence-corrected chi connectivity index (χ4v) is 4.12. The molecule has 4 heteroatoms. The van der Waals surface area contributed by atoms with Gasteiger partial charge in [0.2, 0.25) is 0 Å². The predicted molar refractivity (Wildman–Crippen MR) is 83.5 cm³/mol. The van der Waals surface area contributed by atoms with E-state index in [1.165, 1.54) is 47.2 Å². The molecule has 18 heavy (non-hydrogen) atoms. The van der Waals surface area contributed by atoms with Gasteiger partial charge in [-0.15, -0.1) is 11.3 Å². The van der Waals surface area contributed by atoms with Crippen molar-refractivity contribution in [3.8, 4) is 0 Å². The minimum atomic E-state index is 1.04. The fraction of sp³-hybridized carbons (Fsp3) is 0.714. The Hall–Kier alpha value is -0.0300. The third-order valence-electron chi connectivity index (χ3n) is 3.14. The lowest BCUT2D eigenvalue weighted by atomic mass is 10.3. The summed E-state index contributed by atoms with van der Waals surface area (Å²) in [6, 6.07) is 4.60. The molecule has 0 aliphatic carbocycles. The molecule has 1 aliphatic rings. The molecule has 1 aromatic rings. The predicted octanol–water partition coefficient (Wildman–Crippen LogP) is 3.19. The van der Waals surface area contributed by atoms with Crippen molar-refractivity contribution in [1.29, 1.82) is 0 Å². The number of nitrogens with one attached hydrogen (secondary N) is 1. The van der Waals surface area contributed by atoms with Crippen LogP contribution in [0.25, 0.3) is 0 Å². The van der Waals surface area contributed by atoms with Gasteiger partial charge in [-0.25, -0.2) is 0 Å². The van der Waals surface area contributed by atoms with Crippen LogP contribution >= 0.6 is 23.1 Å². The van der Waals surface area contributed by atoms with Gasteiger partial charge in [0.25, 0.3) is 0 Å². The van der Waals surface area contributed by atoms with Crippen LogP contribution in [0.15, 0.2) is 12.1 Å². The molecule has 0 amide bonds. The van der Waals surface area contributed by atoms with Crippen molar-refractivity contribution in [2.24, 2.45) is 0 Å². The van der Waals surface area contributed by atoms with Crippen LogP contribution in [0.4, 0.5) is 0 Å². The molecular weight excluding hydrogens is 260 g/mol. The van der Waals surface area contributed by atoms with Crippen molar-refractivity contribution in [2.75, 3.05) is 31.1 Å². The molecule has 1 N–H and O–H groups in total. The van der Waals surface area contributed by atoms with E-state index in [1.54, 1.807) is 0 Å². The summed E-state index contributed by atoms with van der Waals surface area (Å²) in [7, 11) is 0. The Balaban J connectivity index is 1.78. The Labute approximate surface area is 119 Å². The topological polar surface area (TPSA) is 15.3 Å². The zero-order valence-corrected chi connectivity index (χ0v) is 12.9. The van der Waals surface area contributed by atoms with E-state index in [4.69, 9.17) is 0 Å². The molecule has 102 valence electrons. The van der Waals surface area contributed by atoms with Gasteiger partial charge in [0.05, 0.1) is 0 Å². The molecule has 1 saturated heterocycles. The van der Waals surface area contributed by atoms with Gasteiger partial charge in [0.15, 0.2) is 0 Å². The van der Waals surface area contributed by atoms with Crippen LogP contribution in [-0.2, 0) is 13.1 Å². The van der Waals surface area contributed by atoms with E-state index in [0.717, 1.165) is 19.6 Å². The summed E-state index contributed by atoms with van der Waals surface area (Å²) in [5.41, 5.74) is 0. The van der Waals surface area contributed by atoms with E-state index >= 15 is 0 Å². The van der Waals surface area contributed by atoms with E-state index in [-0.39, 0.29) is 0 Å². The highest BCUT2D eigenvalue weighted by Gasteiger charge is 2.10. The van der Waals surface area contributed by atoms with Crippen molar-refractivity contribution < 1.29 is 0 Å². The SMILES string of the molecule is CCCNCc1ccc(CN2CCCSCC2)s1. The van der Waals surface area contributed by atoms with Gasteiger partial charge in [-0.05, 0) is 43.8 Å². The number of thioether (sulfide) groups is 1. The highest BCUT2D eigenvalue weighted by Crippen LogP contribution is 2.20. The normalized spacial score (nSPS) is 17.8. The fourth-order valence-electron chi connectivity index (χ4n) is 2.17. The van der Waals surface area contributed by atoms with Crippen LogP contribution in [0, 0.1) is 0 Å². The highest BCUT2D eigenvalue weighted by atomic mass is 32.2. The molecule has 1 aliphatic heterocycles. The maximum Gasteiger partial charge on any atom is 0.0328 e. The lowest BCUT2D eigenvalue weighted by Crippen LogP contribution is -2.24. The summed E-state index contributed by atoms with van der Waals surface area (Å²) >= 11 is 4.07. The molecule has 2 rings (SSSR count). The van der Waals surface area contributed by atoms with Crippen LogP contribution < -0.4 is 5.32 Å². The van der Waals surface area contributed by atoms with Gasteiger partial charge in [-0.3, -0.25) is 4.90 Å². The average Bonchev–Trinajstić information content (AvgIpc) is 2.65. The maximum absolute atomic E-state index is 3.47.